The van der Waals surface area contributed by atoms with Gasteiger partial charge in [-0.1, -0.05) is 6.92 Å². The molecular weight excluding hydrogens is 209 g/mol. The van der Waals surface area contributed by atoms with Crippen LogP contribution in [0, 0.1) is 5.92 Å². The summed E-state index contributed by atoms with van der Waals surface area (Å²) in [5, 5.41) is 3.26. The van der Waals surface area contributed by atoms with Gasteiger partial charge in [-0.15, -0.1) is 0 Å². The predicted molar refractivity (Wildman–Crippen MR) is 58.8 cm³/mol. The highest BCUT2D eigenvalue weighted by Crippen LogP contribution is 2.22. The Bertz CT molecular complexity index is 245. The summed E-state index contributed by atoms with van der Waals surface area (Å²) in [6.45, 7) is 4.52. The Hall–Kier alpha value is -0.585. The number of carbonyl (C=O) groups is 1. The average molecular weight is 227 g/mol. The zero-order valence-electron chi connectivity index (χ0n) is 9.61. The Labute approximate surface area is 96.0 Å². The van der Waals surface area contributed by atoms with Gasteiger partial charge in [-0.2, -0.15) is 0 Å². The van der Waals surface area contributed by atoms with Crippen molar-refractivity contribution >= 4 is 13.1 Å². The van der Waals surface area contributed by atoms with Crippen LogP contribution in [0.2, 0.25) is 0 Å². The van der Waals surface area contributed by atoms with Crippen LogP contribution in [0.4, 0.5) is 0 Å². The van der Waals surface area contributed by atoms with Crippen molar-refractivity contribution in [3.8, 4) is 0 Å². The molecule has 0 amide bonds. The van der Waals surface area contributed by atoms with Crippen LogP contribution < -0.4 is 5.32 Å². The maximum atomic E-state index is 11.8. The molecule has 2 saturated heterocycles. The molecule has 2 fully saturated rings. The number of rotatable bonds is 4. The van der Waals surface area contributed by atoms with E-state index < -0.39 is 0 Å². The fourth-order valence-corrected chi connectivity index (χ4v) is 2.17. The smallest absolute Gasteiger partial charge is 0.465 e. The first-order chi connectivity index (χ1) is 7.83. The van der Waals surface area contributed by atoms with Crippen LogP contribution in [-0.4, -0.2) is 45.4 Å². The molecule has 6 heteroatoms. The van der Waals surface area contributed by atoms with Gasteiger partial charge in [-0.3, -0.25) is 4.79 Å². The van der Waals surface area contributed by atoms with Gasteiger partial charge >= 0.3 is 13.1 Å². The summed E-state index contributed by atoms with van der Waals surface area (Å²) in [7, 11) is -0.290. The van der Waals surface area contributed by atoms with Crippen molar-refractivity contribution in [3.63, 3.8) is 0 Å². The van der Waals surface area contributed by atoms with E-state index >= 15 is 0 Å². The zero-order chi connectivity index (χ0) is 11.4. The Morgan fingerprint density at radius 3 is 2.94 bits per heavy atom. The van der Waals surface area contributed by atoms with Crippen molar-refractivity contribution in [2.45, 2.75) is 25.7 Å². The van der Waals surface area contributed by atoms with Crippen LogP contribution in [0.1, 0.15) is 19.8 Å². The summed E-state index contributed by atoms with van der Waals surface area (Å²) in [5.74, 6) is -0.308. The average Bonchev–Trinajstić information content (AvgIpc) is 2.94. The fourth-order valence-electron chi connectivity index (χ4n) is 2.17. The van der Waals surface area contributed by atoms with E-state index in [1.807, 2.05) is 6.92 Å². The molecule has 2 rings (SSSR count). The second-order valence-electron chi connectivity index (χ2n) is 4.15. The lowest BCUT2D eigenvalue weighted by Gasteiger charge is -2.19. The van der Waals surface area contributed by atoms with Crippen LogP contribution in [0.15, 0.2) is 0 Å². The standard InChI is InChI=1S/C10H18BNO4/c1-2-5-14-10(13)8-3-4-12-9(8)11-15-6-7-16-11/h8-9,12H,2-7H2,1H3. The highest BCUT2D eigenvalue weighted by molar-refractivity contribution is 6.47. The molecule has 0 spiro atoms. The SMILES string of the molecule is CCCOC(=O)C1CCNC1B1OCCO1. The molecule has 1 N–H and O–H groups in total. The van der Waals surface area contributed by atoms with Gasteiger partial charge in [0.25, 0.3) is 0 Å². The maximum Gasteiger partial charge on any atom is 0.476 e. The van der Waals surface area contributed by atoms with E-state index in [9.17, 15) is 4.79 Å². The largest absolute Gasteiger partial charge is 0.476 e. The van der Waals surface area contributed by atoms with Gasteiger partial charge in [0.2, 0.25) is 0 Å². The van der Waals surface area contributed by atoms with E-state index in [0.29, 0.717) is 19.8 Å². The molecule has 0 aliphatic carbocycles. The predicted octanol–water partition coefficient (Wildman–Crippen LogP) is -0.00810. The molecule has 0 aromatic heterocycles. The minimum atomic E-state index is -0.290. The van der Waals surface area contributed by atoms with Gasteiger partial charge < -0.3 is 19.4 Å². The molecule has 2 aliphatic heterocycles. The Morgan fingerprint density at radius 1 is 1.50 bits per heavy atom. The van der Waals surface area contributed by atoms with Crippen molar-refractivity contribution in [2.24, 2.45) is 5.92 Å². The van der Waals surface area contributed by atoms with E-state index in [-0.39, 0.29) is 24.9 Å². The van der Waals surface area contributed by atoms with Crippen molar-refractivity contribution in [1.82, 2.24) is 5.32 Å². The van der Waals surface area contributed by atoms with E-state index in [0.717, 1.165) is 19.4 Å². The number of nitrogens with one attached hydrogen (secondary N) is 1. The van der Waals surface area contributed by atoms with Gasteiger partial charge in [0.1, 0.15) is 0 Å². The van der Waals surface area contributed by atoms with Crippen LogP contribution in [0.25, 0.3) is 0 Å². The summed E-state index contributed by atoms with van der Waals surface area (Å²) < 4.78 is 16.0. The molecule has 0 aromatic rings. The summed E-state index contributed by atoms with van der Waals surface area (Å²) in [6, 6.07) is 0. The Balaban J connectivity index is 1.89. The molecule has 2 atom stereocenters. The second-order valence-corrected chi connectivity index (χ2v) is 4.15. The first kappa shape index (κ1) is 11.9. The molecule has 2 heterocycles. The quantitative estimate of drug-likeness (QED) is 0.540. The van der Waals surface area contributed by atoms with Crippen LogP contribution in [0.3, 0.4) is 0 Å². The monoisotopic (exact) mass is 227 g/mol. The summed E-state index contributed by atoms with van der Waals surface area (Å²) >= 11 is 0. The number of hydrogen-bond donors (Lipinski definition) is 1. The minimum Gasteiger partial charge on any atom is -0.465 e. The van der Waals surface area contributed by atoms with Gasteiger partial charge in [0.05, 0.1) is 31.7 Å². The minimum absolute atomic E-state index is 0.0492. The van der Waals surface area contributed by atoms with E-state index in [1.54, 1.807) is 0 Å². The van der Waals surface area contributed by atoms with Crippen molar-refractivity contribution < 1.29 is 18.8 Å². The molecular formula is C10H18BNO4. The lowest BCUT2D eigenvalue weighted by molar-refractivity contribution is -0.148. The fraction of sp³-hybridized carbons (Fsp3) is 0.900. The molecule has 5 nitrogen and oxygen atoms in total. The molecule has 2 aliphatic rings. The summed E-state index contributed by atoms with van der Waals surface area (Å²) in [5.41, 5.74) is 0. The first-order valence-electron chi connectivity index (χ1n) is 5.96. The molecule has 0 saturated carbocycles. The molecule has 0 bridgehead atoms. The maximum absolute atomic E-state index is 11.8. The van der Waals surface area contributed by atoms with Gasteiger partial charge in [0.15, 0.2) is 0 Å². The van der Waals surface area contributed by atoms with E-state index in [4.69, 9.17) is 14.0 Å². The van der Waals surface area contributed by atoms with Crippen molar-refractivity contribution in [1.29, 1.82) is 0 Å². The molecule has 0 radical (unpaired) electrons. The third kappa shape index (κ3) is 2.56. The molecule has 90 valence electrons. The summed E-state index contributed by atoms with van der Waals surface area (Å²) in [4.78, 5) is 11.8. The van der Waals surface area contributed by atoms with Gasteiger partial charge in [-0.25, -0.2) is 0 Å². The molecule has 0 aromatic carbocycles. The Kier molecular flexibility index (Phi) is 4.20. The second kappa shape index (κ2) is 5.66. The number of carbonyl (C=O) groups excluding carboxylic acids is 1. The van der Waals surface area contributed by atoms with Gasteiger partial charge in [0, 0.05) is 0 Å². The number of hydrogen-bond acceptors (Lipinski definition) is 5. The van der Waals surface area contributed by atoms with Crippen LogP contribution >= 0.6 is 0 Å². The number of esters is 1. The van der Waals surface area contributed by atoms with E-state index in [2.05, 4.69) is 5.32 Å². The number of ether oxygens (including phenoxy) is 1. The zero-order valence-corrected chi connectivity index (χ0v) is 9.61. The topological polar surface area (TPSA) is 56.8 Å². The highest BCUT2D eigenvalue weighted by Gasteiger charge is 2.45. The van der Waals surface area contributed by atoms with Crippen LogP contribution in [-0.2, 0) is 18.8 Å². The van der Waals surface area contributed by atoms with Crippen molar-refractivity contribution in [2.75, 3.05) is 26.4 Å². The van der Waals surface area contributed by atoms with E-state index in [1.165, 1.54) is 0 Å². The Morgan fingerprint density at radius 2 is 2.25 bits per heavy atom. The van der Waals surface area contributed by atoms with Crippen molar-refractivity contribution in [3.05, 3.63) is 0 Å². The third-order valence-electron chi connectivity index (χ3n) is 2.96. The van der Waals surface area contributed by atoms with Crippen LogP contribution in [0.5, 0.6) is 0 Å². The highest BCUT2D eigenvalue weighted by atomic mass is 16.6. The summed E-state index contributed by atoms with van der Waals surface area (Å²) in [6.07, 6.45) is 1.66. The van der Waals surface area contributed by atoms with Gasteiger partial charge in [-0.05, 0) is 19.4 Å². The lowest BCUT2D eigenvalue weighted by atomic mass is 9.72. The normalized spacial score (nSPS) is 29.7. The molecule has 16 heavy (non-hydrogen) atoms. The third-order valence-corrected chi connectivity index (χ3v) is 2.96. The lowest BCUT2D eigenvalue weighted by Crippen LogP contribution is -2.46. The molecule has 2 unspecified atom stereocenters. The first-order valence-corrected chi connectivity index (χ1v) is 5.96.